The third kappa shape index (κ3) is 3.84. The third-order valence-electron chi connectivity index (χ3n) is 6.40. The summed E-state index contributed by atoms with van der Waals surface area (Å²) in [5.74, 6) is 1.74. The maximum atomic E-state index is 12.9. The second-order valence-electron chi connectivity index (χ2n) is 8.69. The molecule has 0 aliphatic heterocycles. The van der Waals surface area contributed by atoms with Crippen molar-refractivity contribution in [3.63, 3.8) is 0 Å². The molecule has 4 aliphatic carbocycles. The van der Waals surface area contributed by atoms with Gasteiger partial charge in [-0.05, 0) is 74.5 Å². The van der Waals surface area contributed by atoms with Gasteiger partial charge >= 0.3 is 0 Å². The maximum Gasteiger partial charge on any atom is 0.243 e. The van der Waals surface area contributed by atoms with E-state index < -0.39 is 0 Å². The molecule has 4 bridgehead atoms. The minimum atomic E-state index is -0.256. The third-order valence-corrected chi connectivity index (χ3v) is 6.40. The molecule has 0 unspecified atom stereocenters. The van der Waals surface area contributed by atoms with E-state index in [0.29, 0.717) is 29.1 Å². The Kier molecular flexibility index (Phi) is 4.66. The first-order valence-corrected chi connectivity index (χ1v) is 9.88. The van der Waals surface area contributed by atoms with Crippen molar-refractivity contribution in [2.75, 3.05) is 17.2 Å². The molecular formula is C21H27N3O3. The summed E-state index contributed by atoms with van der Waals surface area (Å²) in [6, 6.07) is 6.96. The average Bonchev–Trinajstić information content (AvgIpc) is 2.58. The van der Waals surface area contributed by atoms with Crippen LogP contribution in [0.25, 0.3) is 0 Å². The maximum absolute atomic E-state index is 12.9. The summed E-state index contributed by atoms with van der Waals surface area (Å²) in [4.78, 5) is 36.3. The summed E-state index contributed by atoms with van der Waals surface area (Å²) in [6.45, 7) is 1.41. The van der Waals surface area contributed by atoms with Crippen molar-refractivity contribution in [1.29, 1.82) is 0 Å². The summed E-state index contributed by atoms with van der Waals surface area (Å²) >= 11 is 0. The fourth-order valence-electron chi connectivity index (χ4n) is 5.82. The van der Waals surface area contributed by atoms with Gasteiger partial charge in [-0.15, -0.1) is 0 Å². The van der Waals surface area contributed by atoms with E-state index in [0.717, 1.165) is 19.3 Å². The zero-order valence-corrected chi connectivity index (χ0v) is 15.7. The molecule has 1 aromatic carbocycles. The highest BCUT2D eigenvalue weighted by Gasteiger charge is 2.54. The Bertz CT molecular complexity index is 738. The number of nitrogens with one attached hydrogen (secondary N) is 3. The lowest BCUT2D eigenvalue weighted by molar-refractivity contribution is -0.146. The molecule has 0 atom stereocenters. The lowest BCUT2D eigenvalue weighted by atomic mass is 9.49. The van der Waals surface area contributed by atoms with Gasteiger partial charge in [0, 0.05) is 23.7 Å². The zero-order chi connectivity index (χ0) is 19.0. The first kappa shape index (κ1) is 18.0. The quantitative estimate of drug-likeness (QED) is 0.746. The molecule has 6 heteroatoms. The van der Waals surface area contributed by atoms with E-state index in [1.54, 1.807) is 24.3 Å². The van der Waals surface area contributed by atoms with Gasteiger partial charge in [-0.1, -0.05) is 6.07 Å². The summed E-state index contributed by atoms with van der Waals surface area (Å²) in [5, 5.41) is 8.35. The Labute approximate surface area is 159 Å². The first-order valence-electron chi connectivity index (χ1n) is 9.88. The van der Waals surface area contributed by atoms with Gasteiger partial charge in [0.2, 0.25) is 17.7 Å². The predicted octanol–water partition coefficient (Wildman–Crippen LogP) is 2.92. The van der Waals surface area contributed by atoms with Crippen LogP contribution < -0.4 is 16.0 Å². The van der Waals surface area contributed by atoms with Gasteiger partial charge in [-0.2, -0.15) is 0 Å². The van der Waals surface area contributed by atoms with Crippen LogP contribution in [0.3, 0.4) is 0 Å². The standard InChI is InChI=1S/C21H27N3O3/c1-13(25)23-17-3-2-4-18(8-17)24-19(26)12-22-20(27)21-9-14-5-15(10-21)7-16(6-14)11-21/h2-4,8,14-16H,5-7,9-12H2,1H3,(H,22,27)(H,23,25)(H,24,26). The van der Waals surface area contributed by atoms with Gasteiger partial charge in [0.05, 0.1) is 6.54 Å². The highest BCUT2D eigenvalue weighted by atomic mass is 16.2. The Hall–Kier alpha value is -2.37. The second-order valence-corrected chi connectivity index (χ2v) is 8.69. The molecule has 0 aromatic heterocycles. The number of hydrogen-bond acceptors (Lipinski definition) is 3. The van der Waals surface area contributed by atoms with Crippen molar-refractivity contribution in [2.45, 2.75) is 45.4 Å². The molecule has 144 valence electrons. The minimum absolute atomic E-state index is 0.0229. The van der Waals surface area contributed by atoms with Gasteiger partial charge in [0.15, 0.2) is 0 Å². The van der Waals surface area contributed by atoms with Crippen LogP contribution in [0.5, 0.6) is 0 Å². The normalized spacial score (nSPS) is 30.6. The van der Waals surface area contributed by atoms with E-state index in [1.807, 2.05) is 0 Å². The van der Waals surface area contributed by atoms with Crippen molar-refractivity contribution in [3.05, 3.63) is 24.3 Å². The number of benzene rings is 1. The molecule has 0 heterocycles. The molecule has 0 radical (unpaired) electrons. The Balaban J connectivity index is 1.32. The van der Waals surface area contributed by atoms with E-state index in [-0.39, 0.29) is 29.7 Å². The molecule has 4 fully saturated rings. The minimum Gasteiger partial charge on any atom is -0.347 e. The Morgan fingerprint density at radius 1 is 0.963 bits per heavy atom. The van der Waals surface area contributed by atoms with Crippen LogP contribution >= 0.6 is 0 Å². The highest BCUT2D eigenvalue weighted by Crippen LogP contribution is 2.60. The summed E-state index contributed by atoms with van der Waals surface area (Å²) in [5.41, 5.74) is 0.980. The number of anilines is 2. The van der Waals surface area contributed by atoms with Crippen LogP contribution in [0.4, 0.5) is 11.4 Å². The number of rotatable bonds is 5. The van der Waals surface area contributed by atoms with Crippen molar-refractivity contribution >= 4 is 29.1 Å². The second kappa shape index (κ2) is 6.98. The van der Waals surface area contributed by atoms with Crippen LogP contribution in [-0.4, -0.2) is 24.3 Å². The predicted molar refractivity (Wildman–Crippen MR) is 103 cm³/mol. The smallest absolute Gasteiger partial charge is 0.243 e. The van der Waals surface area contributed by atoms with E-state index in [9.17, 15) is 14.4 Å². The molecule has 4 aliphatic rings. The lowest BCUT2D eigenvalue weighted by Crippen LogP contribution is -2.54. The van der Waals surface area contributed by atoms with Crippen molar-refractivity contribution < 1.29 is 14.4 Å². The summed E-state index contributed by atoms with van der Waals surface area (Å²) in [6.07, 6.45) is 6.84. The van der Waals surface area contributed by atoms with Gasteiger partial charge < -0.3 is 16.0 Å². The number of amides is 3. The summed E-state index contributed by atoms with van der Waals surface area (Å²) in [7, 11) is 0. The van der Waals surface area contributed by atoms with E-state index in [2.05, 4.69) is 16.0 Å². The van der Waals surface area contributed by atoms with E-state index in [4.69, 9.17) is 0 Å². The first-order chi connectivity index (χ1) is 12.9. The SMILES string of the molecule is CC(=O)Nc1cccc(NC(=O)CNC(=O)C23CC4CC(CC(C4)C2)C3)c1. The highest BCUT2D eigenvalue weighted by molar-refractivity contribution is 5.96. The fourth-order valence-corrected chi connectivity index (χ4v) is 5.82. The number of hydrogen-bond donors (Lipinski definition) is 3. The molecule has 27 heavy (non-hydrogen) atoms. The number of carbonyl (C=O) groups is 3. The van der Waals surface area contributed by atoms with Gasteiger partial charge in [0.1, 0.15) is 0 Å². The summed E-state index contributed by atoms with van der Waals surface area (Å²) < 4.78 is 0. The lowest BCUT2D eigenvalue weighted by Gasteiger charge is -2.55. The van der Waals surface area contributed by atoms with Crippen LogP contribution in [0.2, 0.25) is 0 Å². The zero-order valence-electron chi connectivity index (χ0n) is 15.7. The molecule has 1 aromatic rings. The van der Waals surface area contributed by atoms with E-state index >= 15 is 0 Å². The Morgan fingerprint density at radius 3 is 2.07 bits per heavy atom. The van der Waals surface area contributed by atoms with Gasteiger partial charge in [-0.3, -0.25) is 14.4 Å². The molecule has 6 nitrogen and oxygen atoms in total. The van der Waals surface area contributed by atoms with Crippen LogP contribution in [0, 0.1) is 23.2 Å². The van der Waals surface area contributed by atoms with Gasteiger partial charge in [-0.25, -0.2) is 0 Å². The molecule has 5 rings (SSSR count). The topological polar surface area (TPSA) is 87.3 Å². The largest absolute Gasteiger partial charge is 0.347 e. The van der Waals surface area contributed by atoms with Gasteiger partial charge in [0.25, 0.3) is 0 Å². The molecule has 3 N–H and O–H groups in total. The van der Waals surface area contributed by atoms with Crippen molar-refractivity contribution in [1.82, 2.24) is 5.32 Å². The molecule has 0 saturated heterocycles. The molecule has 3 amide bonds. The monoisotopic (exact) mass is 369 g/mol. The van der Waals surface area contributed by atoms with E-state index in [1.165, 1.54) is 26.2 Å². The molecule has 0 spiro atoms. The van der Waals surface area contributed by atoms with Crippen LogP contribution in [0.1, 0.15) is 45.4 Å². The van der Waals surface area contributed by atoms with Crippen molar-refractivity contribution in [3.8, 4) is 0 Å². The average molecular weight is 369 g/mol. The van der Waals surface area contributed by atoms with Crippen LogP contribution in [0.15, 0.2) is 24.3 Å². The van der Waals surface area contributed by atoms with Crippen molar-refractivity contribution in [2.24, 2.45) is 23.2 Å². The van der Waals surface area contributed by atoms with Crippen LogP contribution in [-0.2, 0) is 14.4 Å². The fraction of sp³-hybridized carbons (Fsp3) is 0.571. The number of carbonyl (C=O) groups excluding carboxylic acids is 3. The molecular weight excluding hydrogens is 342 g/mol. The molecule has 4 saturated carbocycles. The Morgan fingerprint density at radius 2 is 1.52 bits per heavy atom.